The molecular formula is C132H100N12. The Morgan fingerprint density at radius 2 is 0.444 bits per heavy atom. The van der Waals surface area contributed by atoms with Crippen LogP contribution in [0.2, 0.25) is 0 Å². The van der Waals surface area contributed by atoms with E-state index >= 15 is 0 Å². The van der Waals surface area contributed by atoms with E-state index in [9.17, 15) is 21.0 Å². The summed E-state index contributed by atoms with van der Waals surface area (Å²) < 4.78 is 0. The van der Waals surface area contributed by atoms with Gasteiger partial charge in [-0.05, 0) is 192 Å². The molecule has 0 amide bonds. The highest BCUT2D eigenvalue weighted by Crippen LogP contribution is 2.60. The van der Waals surface area contributed by atoms with Crippen LogP contribution in [0.1, 0.15) is 122 Å². The van der Waals surface area contributed by atoms with Crippen molar-refractivity contribution in [2.75, 3.05) is 19.6 Å². The summed E-state index contributed by atoms with van der Waals surface area (Å²) in [6, 6.07) is 156. The lowest BCUT2D eigenvalue weighted by Gasteiger charge is -2.42. The van der Waals surface area contributed by atoms with Crippen LogP contribution in [0, 0.1) is 45.3 Å². The normalized spacial score (nSPS) is 13.4. The average molecular weight is 1850 g/mol. The summed E-state index contributed by atoms with van der Waals surface area (Å²) in [6.07, 6.45) is 12.1. The number of hydrogen-bond acceptors (Lipinski definition) is 12. The minimum atomic E-state index is -0.117. The largest absolute Gasteiger partial charge is 0.309 e. The zero-order valence-electron chi connectivity index (χ0n) is 81.2. The molecule has 24 rings (SSSR count). The summed E-state index contributed by atoms with van der Waals surface area (Å²) in [5.74, 6) is 0. The Kier molecular flexibility index (Phi) is 24.6. The van der Waals surface area contributed by atoms with Crippen LogP contribution in [0.3, 0.4) is 0 Å². The summed E-state index contributed by atoms with van der Waals surface area (Å²) >= 11 is 0. The first kappa shape index (κ1) is 91.7. The predicted octanol–water partition coefficient (Wildman–Crippen LogP) is 33.6. The number of anilines is 12. The second-order valence-corrected chi connectivity index (χ2v) is 38.4. The van der Waals surface area contributed by atoms with Crippen molar-refractivity contribution in [3.05, 3.63) is 529 Å². The number of nitrogens with zero attached hydrogens (tertiary/aromatic N) is 12. The van der Waals surface area contributed by atoms with Crippen LogP contribution in [-0.2, 0) is 21.7 Å². The topological polar surface area (TPSA) is 160 Å². The van der Waals surface area contributed by atoms with Crippen molar-refractivity contribution in [1.29, 1.82) is 21.0 Å². The first-order chi connectivity index (χ1) is 70.4. The van der Waals surface area contributed by atoms with Crippen molar-refractivity contribution in [2.45, 2.75) is 77.0 Å². The molecule has 16 aromatic carbocycles. The van der Waals surface area contributed by atoms with Crippen molar-refractivity contribution in [1.82, 2.24) is 19.9 Å². The second kappa shape index (κ2) is 38.6. The van der Waals surface area contributed by atoms with Gasteiger partial charge in [0.1, 0.15) is 23.9 Å². The highest BCUT2D eigenvalue weighted by molar-refractivity contribution is 6.02. The van der Waals surface area contributed by atoms with Crippen LogP contribution in [-0.4, -0.2) is 19.9 Å². The predicted molar refractivity (Wildman–Crippen MR) is 587 cm³/mol. The van der Waals surface area contributed by atoms with Crippen LogP contribution in [0.15, 0.2) is 462 Å². The van der Waals surface area contributed by atoms with Gasteiger partial charge in [0, 0.05) is 110 Å². The van der Waals surface area contributed by atoms with E-state index in [1.807, 2.05) is 48.7 Å². The molecule has 144 heavy (non-hydrogen) atoms. The van der Waals surface area contributed by atoms with E-state index in [1.165, 1.54) is 90.0 Å². The third kappa shape index (κ3) is 16.4. The van der Waals surface area contributed by atoms with Gasteiger partial charge in [0.25, 0.3) is 0 Å². The quantitative estimate of drug-likeness (QED) is 0.114. The van der Waals surface area contributed by atoms with Gasteiger partial charge >= 0.3 is 0 Å². The molecule has 688 valence electrons. The number of para-hydroxylation sites is 12. The lowest BCUT2D eigenvalue weighted by molar-refractivity contribution is 0.632. The maximum atomic E-state index is 9.78. The molecule has 0 atom stereocenters. The maximum absolute atomic E-state index is 9.78. The Balaban J connectivity index is 0.000000113. The lowest BCUT2D eigenvalue weighted by atomic mass is 9.73. The smallest absolute Gasteiger partial charge is 0.140 e. The molecule has 0 radical (unpaired) electrons. The zero-order chi connectivity index (χ0) is 98.8. The van der Waals surface area contributed by atoms with Gasteiger partial charge in [-0.15, -0.1) is 0 Å². The Labute approximate surface area is 842 Å². The summed E-state index contributed by atoms with van der Waals surface area (Å²) in [7, 11) is 0. The van der Waals surface area contributed by atoms with Crippen molar-refractivity contribution in [2.24, 2.45) is 0 Å². The molecule has 8 heterocycles. The number of benzene rings is 16. The van der Waals surface area contributed by atoms with Gasteiger partial charge < -0.3 is 19.6 Å². The average Bonchev–Trinajstić information content (AvgIpc) is 0.734. The standard InChI is InChI=1S/4C33H25N3/c1-33(2)28-14-6-9-17-31(28)36(32-18-10-7-15-29(32)33)30-16-8-5-13-27(30)26-12-4-3-11-25(26)24-19-23(20-34)21-35-22-24;1-33(2)28-14-6-9-17-31(28)36(32-18-10-7-15-29(32)33)30-16-8-5-13-27(30)26-12-4-3-11-25(26)24-19-20-35-22-23(24)21-34;1-33(2)28-14-6-9-17-31(28)36(32-18-10-7-15-29(32)33)30-16-8-5-13-27(30)26-12-4-3-11-25(26)23-19-20-24(21-34)35-22-23;1-33(2)28-14-6-9-17-31(28)36(32-18-10-7-15-29(32)33)30-16-8-5-13-26(30)24-11-3-4-12-25(24)27-22-35-20-19-23(27)21-34/h3-19,21-22H,1-2H3;3*3-20,22H,1-2H3. The van der Waals surface area contributed by atoms with Crippen molar-refractivity contribution in [3.63, 3.8) is 0 Å². The fraction of sp³-hybridized carbons (Fsp3) is 0.0909. The molecule has 0 N–H and O–H groups in total. The summed E-state index contributed by atoms with van der Waals surface area (Å²) in [5.41, 5.74) is 42.7. The highest BCUT2D eigenvalue weighted by atomic mass is 15.2. The van der Waals surface area contributed by atoms with E-state index in [4.69, 9.17) is 0 Å². The van der Waals surface area contributed by atoms with Crippen LogP contribution in [0.4, 0.5) is 68.2 Å². The molecule has 0 unspecified atom stereocenters. The van der Waals surface area contributed by atoms with Crippen LogP contribution >= 0.6 is 0 Å². The molecule has 20 aromatic rings. The first-order valence-electron chi connectivity index (χ1n) is 48.5. The second-order valence-electron chi connectivity index (χ2n) is 38.4. The molecular weight excluding hydrogens is 1750 g/mol. The fourth-order valence-electron chi connectivity index (χ4n) is 21.8. The van der Waals surface area contributed by atoms with E-state index < -0.39 is 0 Å². The molecule has 4 aliphatic rings. The lowest BCUT2D eigenvalue weighted by Crippen LogP contribution is -2.30. The highest BCUT2D eigenvalue weighted by Gasteiger charge is 2.43. The number of nitriles is 4. The van der Waals surface area contributed by atoms with Crippen molar-refractivity contribution >= 4 is 68.2 Å². The van der Waals surface area contributed by atoms with Crippen molar-refractivity contribution in [3.8, 4) is 113 Å². The summed E-state index contributed by atoms with van der Waals surface area (Å²) in [4.78, 5) is 26.7. The van der Waals surface area contributed by atoms with Gasteiger partial charge in [0.2, 0.25) is 0 Å². The molecule has 12 nitrogen and oxygen atoms in total. The van der Waals surface area contributed by atoms with Gasteiger partial charge in [-0.25, -0.2) is 4.98 Å². The fourth-order valence-corrected chi connectivity index (χ4v) is 21.8. The molecule has 0 saturated carbocycles. The van der Waals surface area contributed by atoms with Crippen LogP contribution < -0.4 is 19.6 Å². The number of rotatable bonds is 12. The van der Waals surface area contributed by atoms with Gasteiger partial charge in [-0.1, -0.05) is 371 Å². The SMILES string of the molecule is CC1(C)c2ccccc2N(c2ccccc2-c2ccccc2-c2ccc(C#N)nc2)c2ccccc21.CC1(C)c2ccccc2N(c2ccccc2-c2ccccc2-c2ccncc2C#N)c2ccccc21.CC1(C)c2ccccc2N(c2ccccc2-c2ccccc2-c2cncc(C#N)c2)c2ccccc21.CC1(C)c2ccccc2N(c2ccccc2-c2ccccc2-c2cnccc2C#N)c2ccccc21. The number of aromatic nitrogens is 4. The first-order valence-corrected chi connectivity index (χ1v) is 48.5. The van der Waals surface area contributed by atoms with Crippen LogP contribution in [0.5, 0.6) is 0 Å². The van der Waals surface area contributed by atoms with Gasteiger partial charge in [-0.2, -0.15) is 21.0 Å². The molecule has 0 aliphatic carbocycles. The minimum absolute atomic E-state index is 0.106. The van der Waals surface area contributed by atoms with E-state index in [1.54, 1.807) is 49.3 Å². The van der Waals surface area contributed by atoms with Gasteiger partial charge in [0.15, 0.2) is 0 Å². The number of fused-ring (bicyclic) bond motifs is 8. The minimum Gasteiger partial charge on any atom is -0.309 e. The molecule has 4 aliphatic heterocycles. The maximum Gasteiger partial charge on any atom is 0.140 e. The Morgan fingerprint density at radius 3 is 0.743 bits per heavy atom. The molecule has 0 fully saturated rings. The molecule has 0 bridgehead atoms. The van der Waals surface area contributed by atoms with E-state index in [0.717, 1.165) is 112 Å². The van der Waals surface area contributed by atoms with Crippen LogP contribution in [0.25, 0.3) is 89.0 Å². The van der Waals surface area contributed by atoms with Gasteiger partial charge in [0.05, 0.1) is 91.0 Å². The Morgan fingerprint density at radius 1 is 0.188 bits per heavy atom. The number of hydrogen-bond donors (Lipinski definition) is 0. The van der Waals surface area contributed by atoms with E-state index in [-0.39, 0.29) is 21.7 Å². The van der Waals surface area contributed by atoms with E-state index in [2.05, 4.69) is 483 Å². The zero-order valence-corrected chi connectivity index (χ0v) is 81.2. The molecule has 0 spiro atoms. The summed E-state index contributed by atoms with van der Waals surface area (Å²) in [6.45, 7) is 18.4. The van der Waals surface area contributed by atoms with Gasteiger partial charge in [-0.3, -0.25) is 15.0 Å². The van der Waals surface area contributed by atoms with E-state index in [0.29, 0.717) is 22.4 Å². The molecule has 0 saturated heterocycles. The number of pyridine rings is 4. The Hall–Kier alpha value is -18.7. The third-order valence-corrected chi connectivity index (χ3v) is 28.8. The monoisotopic (exact) mass is 1850 g/mol. The summed E-state index contributed by atoms with van der Waals surface area (Å²) in [5, 5.41) is 38.2. The molecule has 12 heteroatoms. The van der Waals surface area contributed by atoms with Crippen molar-refractivity contribution < 1.29 is 0 Å². The third-order valence-electron chi connectivity index (χ3n) is 28.8. The Bertz CT molecular complexity index is 8080. The molecule has 4 aromatic heterocycles.